The summed E-state index contributed by atoms with van der Waals surface area (Å²) >= 11 is 10.1. The van der Waals surface area contributed by atoms with E-state index in [1.807, 2.05) is 25.1 Å². The van der Waals surface area contributed by atoms with Crippen molar-refractivity contribution in [1.29, 1.82) is 0 Å². The molecule has 1 aliphatic rings. The molecule has 2 nitrogen and oxygen atoms in total. The highest BCUT2D eigenvalue weighted by Gasteiger charge is 2.39. The van der Waals surface area contributed by atoms with Crippen LogP contribution in [0.2, 0.25) is 0 Å². The van der Waals surface area contributed by atoms with Gasteiger partial charge in [-0.25, -0.2) is 0 Å². The third-order valence-corrected chi connectivity index (χ3v) is 4.89. The van der Waals surface area contributed by atoms with Crippen molar-refractivity contribution in [2.45, 2.75) is 43.6 Å². The second-order valence-electron chi connectivity index (χ2n) is 5.04. The zero-order valence-corrected chi connectivity index (χ0v) is 13.8. The number of alkyl halides is 1. The second kappa shape index (κ2) is 6.47. The largest absolute Gasteiger partial charge is 0.493 e. The minimum atomic E-state index is -0.0211. The molecule has 0 aliphatic heterocycles. The quantitative estimate of drug-likeness (QED) is 0.668. The molecule has 0 radical (unpaired) electrons. The highest BCUT2D eigenvalue weighted by atomic mass is 79.9. The maximum Gasteiger partial charge on any atom is 0.133 e. The fourth-order valence-corrected chi connectivity index (χ4v) is 3.42. The molecule has 1 aromatic carbocycles. The van der Waals surface area contributed by atoms with Gasteiger partial charge in [0.1, 0.15) is 5.75 Å². The maximum absolute atomic E-state index is 6.54. The molecule has 0 saturated heterocycles. The van der Waals surface area contributed by atoms with Gasteiger partial charge in [-0.15, -0.1) is 11.6 Å². The number of hydrogen-bond acceptors (Lipinski definition) is 2. The standard InChI is InChI=1S/C15H20BrClO2/c1-3-19-14-6-5-11(9-12(14)16)13(17)10-15(18-2)7-4-8-15/h5-6,9,13H,3-4,7-8,10H2,1-2H3. The van der Waals surface area contributed by atoms with E-state index in [-0.39, 0.29) is 11.0 Å². The molecular weight excluding hydrogens is 328 g/mol. The summed E-state index contributed by atoms with van der Waals surface area (Å²) in [4.78, 5) is 0. The molecule has 1 unspecified atom stereocenters. The molecule has 19 heavy (non-hydrogen) atoms. The lowest BCUT2D eigenvalue weighted by molar-refractivity contribution is -0.0780. The average Bonchev–Trinajstić information content (AvgIpc) is 2.36. The van der Waals surface area contributed by atoms with Crippen LogP contribution in [0.4, 0.5) is 0 Å². The summed E-state index contributed by atoms with van der Waals surface area (Å²) in [5.74, 6) is 0.861. The van der Waals surface area contributed by atoms with E-state index in [0.29, 0.717) is 6.61 Å². The Kier molecular flexibility index (Phi) is 5.15. The van der Waals surface area contributed by atoms with E-state index in [0.717, 1.165) is 35.0 Å². The number of ether oxygens (including phenoxy) is 2. The molecule has 106 valence electrons. The van der Waals surface area contributed by atoms with Crippen LogP contribution in [-0.2, 0) is 4.74 Å². The Morgan fingerprint density at radius 1 is 1.42 bits per heavy atom. The van der Waals surface area contributed by atoms with E-state index in [1.54, 1.807) is 7.11 Å². The van der Waals surface area contributed by atoms with Crippen LogP contribution < -0.4 is 4.74 Å². The topological polar surface area (TPSA) is 18.5 Å². The molecule has 0 heterocycles. The Hall–Kier alpha value is -0.250. The van der Waals surface area contributed by atoms with Gasteiger partial charge < -0.3 is 9.47 Å². The predicted octanol–water partition coefficient (Wildman–Crippen LogP) is 5.09. The molecule has 0 bridgehead atoms. The van der Waals surface area contributed by atoms with Gasteiger partial charge in [-0.2, -0.15) is 0 Å². The van der Waals surface area contributed by atoms with Gasteiger partial charge in [-0.05, 0) is 66.2 Å². The van der Waals surface area contributed by atoms with Crippen molar-refractivity contribution in [2.75, 3.05) is 13.7 Å². The monoisotopic (exact) mass is 346 g/mol. The minimum absolute atomic E-state index is 0.00250. The van der Waals surface area contributed by atoms with Gasteiger partial charge in [-0.1, -0.05) is 6.07 Å². The van der Waals surface area contributed by atoms with Gasteiger partial charge in [0.15, 0.2) is 0 Å². The zero-order valence-electron chi connectivity index (χ0n) is 11.4. The second-order valence-corrected chi connectivity index (χ2v) is 6.42. The molecule has 1 fully saturated rings. The number of benzene rings is 1. The summed E-state index contributed by atoms with van der Waals surface area (Å²) < 4.78 is 12.1. The summed E-state index contributed by atoms with van der Waals surface area (Å²) in [6.45, 7) is 2.64. The Balaban J connectivity index is 2.06. The van der Waals surface area contributed by atoms with Crippen molar-refractivity contribution < 1.29 is 9.47 Å². The van der Waals surface area contributed by atoms with Gasteiger partial charge in [-0.3, -0.25) is 0 Å². The zero-order chi connectivity index (χ0) is 13.9. The first-order valence-corrected chi connectivity index (χ1v) is 7.94. The number of rotatable bonds is 6. The maximum atomic E-state index is 6.54. The Bertz CT molecular complexity index is 427. The minimum Gasteiger partial charge on any atom is -0.493 e. The molecule has 0 aromatic heterocycles. The van der Waals surface area contributed by atoms with Crippen molar-refractivity contribution in [2.24, 2.45) is 0 Å². The Morgan fingerprint density at radius 3 is 2.63 bits per heavy atom. The third kappa shape index (κ3) is 3.45. The molecule has 4 heteroatoms. The smallest absolute Gasteiger partial charge is 0.133 e. The van der Waals surface area contributed by atoms with E-state index in [4.69, 9.17) is 21.1 Å². The SMILES string of the molecule is CCOc1ccc(C(Cl)CC2(OC)CCC2)cc1Br. The molecule has 1 aromatic rings. The normalized spacial score (nSPS) is 18.7. The molecule has 0 amide bonds. The molecule has 1 saturated carbocycles. The number of halogens is 2. The summed E-state index contributed by atoms with van der Waals surface area (Å²) in [6.07, 6.45) is 4.34. The van der Waals surface area contributed by atoms with Crippen LogP contribution >= 0.6 is 27.5 Å². The van der Waals surface area contributed by atoms with Gasteiger partial charge >= 0.3 is 0 Å². The summed E-state index contributed by atoms with van der Waals surface area (Å²) in [6, 6.07) is 6.05. The predicted molar refractivity (Wildman–Crippen MR) is 82.1 cm³/mol. The average molecular weight is 348 g/mol. The highest BCUT2D eigenvalue weighted by Crippen LogP contribution is 2.44. The first-order valence-electron chi connectivity index (χ1n) is 6.72. The van der Waals surface area contributed by atoms with Gasteiger partial charge in [0.2, 0.25) is 0 Å². The molecule has 1 atom stereocenters. The van der Waals surface area contributed by atoms with Gasteiger partial charge in [0, 0.05) is 7.11 Å². The number of methoxy groups -OCH3 is 1. The van der Waals surface area contributed by atoms with E-state index in [1.165, 1.54) is 6.42 Å². The van der Waals surface area contributed by atoms with Crippen LogP contribution in [0, 0.1) is 0 Å². The third-order valence-electron chi connectivity index (χ3n) is 3.87. The molecule has 0 spiro atoms. The van der Waals surface area contributed by atoms with Crippen LogP contribution in [0.25, 0.3) is 0 Å². The number of hydrogen-bond donors (Lipinski definition) is 0. The van der Waals surface area contributed by atoms with Crippen molar-refractivity contribution in [3.63, 3.8) is 0 Å². The molecular formula is C15H20BrClO2. The lowest BCUT2D eigenvalue weighted by atomic mass is 9.76. The van der Waals surface area contributed by atoms with Crippen molar-refractivity contribution in [1.82, 2.24) is 0 Å². The van der Waals surface area contributed by atoms with Gasteiger partial charge in [0.05, 0.1) is 22.1 Å². The van der Waals surface area contributed by atoms with Crippen molar-refractivity contribution >= 4 is 27.5 Å². The Morgan fingerprint density at radius 2 is 2.16 bits per heavy atom. The lowest BCUT2D eigenvalue weighted by Crippen LogP contribution is -2.39. The fourth-order valence-electron chi connectivity index (χ4n) is 2.49. The summed E-state index contributed by atoms with van der Waals surface area (Å²) in [7, 11) is 1.79. The molecule has 2 rings (SSSR count). The lowest BCUT2D eigenvalue weighted by Gasteiger charge is -2.41. The highest BCUT2D eigenvalue weighted by molar-refractivity contribution is 9.10. The molecule has 0 N–H and O–H groups in total. The van der Waals surface area contributed by atoms with E-state index in [9.17, 15) is 0 Å². The molecule has 1 aliphatic carbocycles. The van der Waals surface area contributed by atoms with Crippen LogP contribution in [0.3, 0.4) is 0 Å². The van der Waals surface area contributed by atoms with Crippen LogP contribution in [0.15, 0.2) is 22.7 Å². The van der Waals surface area contributed by atoms with Crippen molar-refractivity contribution in [3.05, 3.63) is 28.2 Å². The van der Waals surface area contributed by atoms with E-state index in [2.05, 4.69) is 15.9 Å². The first-order chi connectivity index (χ1) is 9.10. The van der Waals surface area contributed by atoms with E-state index >= 15 is 0 Å². The first kappa shape index (κ1) is 15.1. The fraction of sp³-hybridized carbons (Fsp3) is 0.600. The van der Waals surface area contributed by atoms with Crippen LogP contribution in [0.1, 0.15) is 43.5 Å². The van der Waals surface area contributed by atoms with Crippen LogP contribution in [0.5, 0.6) is 5.75 Å². The van der Waals surface area contributed by atoms with Gasteiger partial charge in [0.25, 0.3) is 0 Å². The van der Waals surface area contributed by atoms with Crippen molar-refractivity contribution in [3.8, 4) is 5.75 Å². The summed E-state index contributed by atoms with van der Waals surface area (Å²) in [5, 5.41) is -0.0211. The summed E-state index contributed by atoms with van der Waals surface area (Å²) in [5.41, 5.74) is 1.11. The van der Waals surface area contributed by atoms with E-state index < -0.39 is 0 Å². The Labute approximate surface area is 128 Å². The van der Waals surface area contributed by atoms with Crippen LogP contribution in [-0.4, -0.2) is 19.3 Å².